The van der Waals surface area contributed by atoms with Crippen LogP contribution in [0.2, 0.25) is 0 Å². The van der Waals surface area contributed by atoms with E-state index in [1.54, 1.807) is 11.8 Å². The molecule has 17 heavy (non-hydrogen) atoms. The van der Waals surface area contributed by atoms with E-state index in [4.69, 9.17) is 21.1 Å². The number of cyclic esters (lactones) is 2. The summed E-state index contributed by atoms with van der Waals surface area (Å²) in [6, 6.07) is 8.17. The van der Waals surface area contributed by atoms with Crippen LogP contribution in [0.4, 0.5) is 4.79 Å². The van der Waals surface area contributed by atoms with E-state index in [1.807, 2.05) is 31.2 Å². The van der Waals surface area contributed by atoms with Gasteiger partial charge in [-0.15, -0.1) is 23.4 Å². The molecule has 2 rings (SSSR count). The molecule has 92 valence electrons. The number of benzene rings is 1. The first-order valence-corrected chi connectivity index (χ1v) is 6.73. The van der Waals surface area contributed by atoms with Crippen molar-refractivity contribution in [1.82, 2.24) is 0 Å². The summed E-state index contributed by atoms with van der Waals surface area (Å²) >= 11 is 7.52. The average molecular weight is 273 g/mol. The molecule has 1 aromatic rings. The van der Waals surface area contributed by atoms with Gasteiger partial charge >= 0.3 is 6.16 Å². The molecule has 1 heterocycles. The summed E-state index contributed by atoms with van der Waals surface area (Å²) in [5, 5.41) is 0.0193. The van der Waals surface area contributed by atoms with E-state index in [1.165, 1.54) is 5.56 Å². The first-order valence-electron chi connectivity index (χ1n) is 5.32. The van der Waals surface area contributed by atoms with Crippen LogP contribution in [0, 0.1) is 6.92 Å². The smallest absolute Gasteiger partial charge is 0.430 e. The number of thioether (sulfide) groups is 1. The van der Waals surface area contributed by atoms with Gasteiger partial charge in [0.15, 0.2) is 6.10 Å². The van der Waals surface area contributed by atoms with Crippen LogP contribution in [-0.2, 0) is 9.47 Å². The predicted octanol–water partition coefficient (Wildman–Crippen LogP) is 3.23. The van der Waals surface area contributed by atoms with Crippen LogP contribution < -0.4 is 0 Å². The molecule has 1 aliphatic rings. The maximum absolute atomic E-state index is 10.9. The number of carbonyl (C=O) groups is 1. The molecule has 0 radical (unpaired) electrons. The Morgan fingerprint density at radius 2 is 2.18 bits per heavy atom. The molecule has 2 atom stereocenters. The van der Waals surface area contributed by atoms with Gasteiger partial charge in [0.25, 0.3) is 0 Å². The number of hydrogen-bond donors (Lipinski definition) is 0. The summed E-state index contributed by atoms with van der Waals surface area (Å²) in [6.45, 7) is 2.33. The summed E-state index contributed by atoms with van der Waals surface area (Å²) in [4.78, 5) is 12.0. The average Bonchev–Trinajstić information content (AvgIpc) is 2.75. The van der Waals surface area contributed by atoms with Crippen LogP contribution in [0.3, 0.4) is 0 Å². The number of aryl methyl sites for hydroxylation is 1. The first kappa shape index (κ1) is 12.6. The normalized spacial score (nSPS) is 20.8. The van der Waals surface area contributed by atoms with Gasteiger partial charge in [-0.2, -0.15) is 0 Å². The molecule has 1 saturated heterocycles. The summed E-state index contributed by atoms with van der Waals surface area (Å²) in [7, 11) is 0. The SMILES string of the molecule is Cc1ccc(SC(CCl)C2COC(=O)O2)cc1. The molecule has 0 aromatic heterocycles. The van der Waals surface area contributed by atoms with Gasteiger partial charge in [-0.25, -0.2) is 4.79 Å². The second kappa shape index (κ2) is 5.65. The maximum atomic E-state index is 10.9. The third-order valence-corrected chi connectivity index (χ3v) is 4.32. The molecule has 3 nitrogen and oxygen atoms in total. The van der Waals surface area contributed by atoms with Gasteiger partial charge in [-0.05, 0) is 19.1 Å². The van der Waals surface area contributed by atoms with Crippen molar-refractivity contribution in [2.24, 2.45) is 0 Å². The number of hydrogen-bond acceptors (Lipinski definition) is 4. The molecule has 0 spiro atoms. The fraction of sp³-hybridized carbons (Fsp3) is 0.417. The van der Waals surface area contributed by atoms with E-state index in [2.05, 4.69) is 0 Å². The van der Waals surface area contributed by atoms with E-state index in [0.717, 1.165) is 4.90 Å². The van der Waals surface area contributed by atoms with Crippen LogP contribution >= 0.6 is 23.4 Å². The Kier molecular flexibility index (Phi) is 4.18. The minimum absolute atomic E-state index is 0.0193. The molecular formula is C12H13ClO3S. The zero-order valence-electron chi connectivity index (χ0n) is 9.39. The summed E-state index contributed by atoms with van der Waals surface area (Å²) in [5.74, 6) is 0.417. The maximum Gasteiger partial charge on any atom is 0.508 e. The van der Waals surface area contributed by atoms with Gasteiger partial charge in [-0.3, -0.25) is 0 Å². The lowest BCUT2D eigenvalue weighted by Crippen LogP contribution is -2.27. The summed E-state index contributed by atoms with van der Waals surface area (Å²) in [6.07, 6.45) is -0.860. The van der Waals surface area contributed by atoms with Gasteiger partial charge in [-0.1, -0.05) is 17.7 Å². The lowest BCUT2D eigenvalue weighted by atomic mass is 10.2. The van der Waals surface area contributed by atoms with E-state index in [9.17, 15) is 4.79 Å². The highest BCUT2D eigenvalue weighted by molar-refractivity contribution is 8.00. The quantitative estimate of drug-likeness (QED) is 0.479. The van der Waals surface area contributed by atoms with Crippen LogP contribution in [0.15, 0.2) is 29.2 Å². The summed E-state index contributed by atoms with van der Waals surface area (Å²) in [5.41, 5.74) is 1.22. The lowest BCUT2D eigenvalue weighted by molar-refractivity contribution is 0.118. The van der Waals surface area contributed by atoms with Crippen molar-refractivity contribution >= 4 is 29.5 Å². The Balaban J connectivity index is 1.99. The number of halogens is 1. The van der Waals surface area contributed by atoms with Crippen LogP contribution in [0.5, 0.6) is 0 Å². The van der Waals surface area contributed by atoms with E-state index < -0.39 is 6.16 Å². The predicted molar refractivity (Wildman–Crippen MR) is 67.8 cm³/mol. The van der Waals surface area contributed by atoms with Crippen molar-refractivity contribution in [3.05, 3.63) is 29.8 Å². The third-order valence-electron chi connectivity index (χ3n) is 2.49. The minimum atomic E-state index is -0.602. The third kappa shape index (κ3) is 3.30. The molecule has 1 aliphatic heterocycles. The molecule has 2 unspecified atom stereocenters. The van der Waals surface area contributed by atoms with Crippen molar-refractivity contribution < 1.29 is 14.3 Å². The Hall–Kier alpha value is -0.870. The van der Waals surface area contributed by atoms with Gasteiger partial charge in [0.05, 0.1) is 5.25 Å². The second-order valence-electron chi connectivity index (χ2n) is 3.84. The second-order valence-corrected chi connectivity index (χ2v) is 5.46. The zero-order chi connectivity index (χ0) is 12.3. The fourth-order valence-corrected chi connectivity index (χ4v) is 2.90. The van der Waals surface area contributed by atoms with Crippen molar-refractivity contribution in [3.8, 4) is 0 Å². The molecule has 0 bridgehead atoms. The molecule has 1 aromatic carbocycles. The van der Waals surface area contributed by atoms with Crippen LogP contribution in [0.25, 0.3) is 0 Å². The molecule has 0 aliphatic carbocycles. The fourth-order valence-electron chi connectivity index (χ4n) is 1.52. The number of carbonyl (C=O) groups excluding carboxylic acids is 1. The van der Waals surface area contributed by atoms with E-state index in [-0.39, 0.29) is 18.0 Å². The molecular weight excluding hydrogens is 260 g/mol. The largest absolute Gasteiger partial charge is 0.508 e. The minimum Gasteiger partial charge on any atom is -0.430 e. The Labute approximate surface area is 109 Å². The van der Waals surface area contributed by atoms with Crippen LogP contribution in [-0.4, -0.2) is 30.0 Å². The van der Waals surface area contributed by atoms with Gasteiger partial charge in [0.1, 0.15) is 6.61 Å². The monoisotopic (exact) mass is 272 g/mol. The number of rotatable bonds is 4. The molecule has 0 N–H and O–H groups in total. The molecule has 1 fully saturated rings. The van der Waals surface area contributed by atoms with Crippen molar-refractivity contribution in [3.63, 3.8) is 0 Å². The summed E-state index contributed by atoms with van der Waals surface area (Å²) < 4.78 is 9.82. The van der Waals surface area contributed by atoms with Crippen LogP contribution in [0.1, 0.15) is 5.56 Å². The van der Waals surface area contributed by atoms with E-state index in [0.29, 0.717) is 5.88 Å². The van der Waals surface area contributed by atoms with Gasteiger partial charge < -0.3 is 9.47 Å². The molecule has 5 heteroatoms. The number of alkyl halides is 1. The zero-order valence-corrected chi connectivity index (χ0v) is 11.0. The van der Waals surface area contributed by atoms with Crippen molar-refractivity contribution in [2.75, 3.05) is 12.5 Å². The highest BCUT2D eigenvalue weighted by Gasteiger charge is 2.32. The topological polar surface area (TPSA) is 35.5 Å². The molecule has 0 amide bonds. The standard InChI is InChI=1S/C12H13ClO3S/c1-8-2-4-9(5-3-8)17-11(6-13)10-7-15-12(14)16-10/h2-5,10-11H,6-7H2,1H3. The Morgan fingerprint density at radius 1 is 1.47 bits per heavy atom. The van der Waals surface area contributed by atoms with Crippen molar-refractivity contribution in [2.45, 2.75) is 23.2 Å². The Morgan fingerprint density at radius 3 is 2.71 bits per heavy atom. The van der Waals surface area contributed by atoms with Crippen molar-refractivity contribution in [1.29, 1.82) is 0 Å². The lowest BCUT2D eigenvalue weighted by Gasteiger charge is -2.17. The van der Waals surface area contributed by atoms with E-state index >= 15 is 0 Å². The van der Waals surface area contributed by atoms with Gasteiger partial charge in [0.2, 0.25) is 0 Å². The Bertz CT molecular complexity index is 393. The first-order chi connectivity index (χ1) is 8.19. The van der Waals surface area contributed by atoms with Gasteiger partial charge in [0, 0.05) is 10.8 Å². The highest BCUT2D eigenvalue weighted by Crippen LogP contribution is 2.29. The molecule has 0 saturated carbocycles. The number of ether oxygens (including phenoxy) is 2. The highest BCUT2D eigenvalue weighted by atomic mass is 35.5.